The zero-order chi connectivity index (χ0) is 23.3. The molecule has 1 saturated carbocycles. The number of rotatable bonds is 3. The summed E-state index contributed by atoms with van der Waals surface area (Å²) in [5, 5.41) is 1.01. The van der Waals surface area contributed by atoms with Gasteiger partial charge in [0, 0.05) is 13.0 Å². The third-order valence-electron chi connectivity index (χ3n) is 8.41. The molecule has 6 rings (SSSR count). The van der Waals surface area contributed by atoms with E-state index >= 15 is 0 Å². The van der Waals surface area contributed by atoms with Gasteiger partial charge in [0.15, 0.2) is 0 Å². The molecule has 1 spiro atoms. The van der Waals surface area contributed by atoms with Crippen molar-refractivity contribution in [2.75, 3.05) is 19.6 Å². The normalized spacial score (nSPS) is 19.8. The van der Waals surface area contributed by atoms with Gasteiger partial charge >= 0.3 is 0 Å². The van der Waals surface area contributed by atoms with Crippen molar-refractivity contribution in [3.8, 4) is 18.0 Å². The summed E-state index contributed by atoms with van der Waals surface area (Å²) >= 11 is 6.50. The van der Waals surface area contributed by atoms with E-state index in [1.807, 2.05) is 12.1 Å². The van der Waals surface area contributed by atoms with Crippen LogP contribution in [0.4, 0.5) is 0 Å². The van der Waals surface area contributed by atoms with Crippen molar-refractivity contribution in [2.24, 2.45) is 0 Å². The summed E-state index contributed by atoms with van der Waals surface area (Å²) in [7, 11) is 0. The van der Waals surface area contributed by atoms with Crippen molar-refractivity contribution in [2.45, 2.75) is 62.7 Å². The molecule has 1 aliphatic carbocycles. The molecule has 0 N–H and O–H groups in total. The molecule has 3 aromatic rings. The predicted molar refractivity (Wildman–Crippen MR) is 138 cm³/mol. The summed E-state index contributed by atoms with van der Waals surface area (Å²) in [6.07, 6.45) is 14.3. The Hall–Kier alpha value is -2.61. The van der Waals surface area contributed by atoms with E-state index in [1.54, 1.807) is 6.07 Å². The topological polar surface area (TPSA) is 38.1 Å². The minimum Gasteiger partial charge on any atom is -0.302 e. The fourth-order valence-corrected chi connectivity index (χ4v) is 6.92. The number of halogens is 1. The fourth-order valence-electron chi connectivity index (χ4n) is 6.67. The Morgan fingerprint density at radius 1 is 1.12 bits per heavy atom. The molecular formula is C29H30ClN3O. The Morgan fingerprint density at radius 3 is 2.68 bits per heavy atom. The zero-order valence-corrected chi connectivity index (χ0v) is 20.3. The average molecular weight is 472 g/mol. The second-order valence-electron chi connectivity index (χ2n) is 10.2. The number of piperidine rings is 1. The second kappa shape index (κ2) is 8.56. The molecule has 3 heterocycles. The van der Waals surface area contributed by atoms with Crippen LogP contribution in [0.1, 0.15) is 74.2 Å². The van der Waals surface area contributed by atoms with Crippen molar-refractivity contribution in [3.63, 3.8) is 0 Å². The van der Waals surface area contributed by atoms with Crippen LogP contribution in [-0.4, -0.2) is 34.1 Å². The summed E-state index contributed by atoms with van der Waals surface area (Å²) in [6, 6.07) is 12.8. The number of hydrogen-bond donors (Lipinski definition) is 0. The Morgan fingerprint density at radius 2 is 1.91 bits per heavy atom. The molecule has 2 aromatic carbocycles. The third kappa shape index (κ3) is 3.33. The van der Waals surface area contributed by atoms with E-state index in [0.29, 0.717) is 16.3 Å². The maximum Gasteiger partial charge on any atom is 0.282 e. The SMILES string of the molecule is C#CCCN1CCC(c2ccc3c(c2)-n2c(nc(=O)c4c(Cl)cccc42)C32CCCCC2)CC1. The minimum atomic E-state index is -0.204. The summed E-state index contributed by atoms with van der Waals surface area (Å²) in [5.74, 6) is 4.23. The summed E-state index contributed by atoms with van der Waals surface area (Å²) in [4.78, 5) is 20.3. The Balaban J connectivity index is 1.47. The minimum absolute atomic E-state index is 0.166. The zero-order valence-electron chi connectivity index (χ0n) is 19.5. The number of benzene rings is 2. The van der Waals surface area contributed by atoms with Gasteiger partial charge in [0.25, 0.3) is 5.56 Å². The Labute approximate surface area is 205 Å². The van der Waals surface area contributed by atoms with E-state index in [-0.39, 0.29) is 11.0 Å². The largest absolute Gasteiger partial charge is 0.302 e. The van der Waals surface area contributed by atoms with Crippen molar-refractivity contribution < 1.29 is 0 Å². The molecule has 3 aliphatic rings. The van der Waals surface area contributed by atoms with Gasteiger partial charge in [0.2, 0.25) is 0 Å². The highest BCUT2D eigenvalue weighted by Gasteiger charge is 2.46. The average Bonchev–Trinajstić information content (AvgIpc) is 3.12. The standard InChI is InChI=1S/C29H30ClN3O/c1-2-3-16-32-17-12-20(13-18-32)21-10-11-22-25(19-21)33-24-9-7-8-23(30)26(24)27(34)31-28(33)29(22)14-5-4-6-15-29/h1,7-11,19-20H,3-6,12-18H2. The van der Waals surface area contributed by atoms with Crippen LogP contribution in [0.25, 0.3) is 16.6 Å². The molecule has 0 bridgehead atoms. The molecule has 174 valence electrons. The summed E-state index contributed by atoms with van der Waals surface area (Å²) < 4.78 is 2.26. The van der Waals surface area contributed by atoms with Crippen molar-refractivity contribution in [1.82, 2.24) is 14.5 Å². The molecular weight excluding hydrogens is 442 g/mol. The molecule has 1 saturated heterocycles. The highest BCUT2D eigenvalue weighted by molar-refractivity contribution is 6.35. The van der Waals surface area contributed by atoms with Gasteiger partial charge in [0.1, 0.15) is 5.82 Å². The first-order valence-corrected chi connectivity index (χ1v) is 13.0. The van der Waals surface area contributed by atoms with Gasteiger partial charge in [0.05, 0.1) is 27.0 Å². The van der Waals surface area contributed by atoms with Gasteiger partial charge < -0.3 is 4.90 Å². The van der Waals surface area contributed by atoms with Crippen LogP contribution < -0.4 is 5.56 Å². The van der Waals surface area contributed by atoms with Gasteiger partial charge in [-0.3, -0.25) is 9.36 Å². The number of aromatic nitrogens is 2. The van der Waals surface area contributed by atoms with Gasteiger partial charge in [-0.1, -0.05) is 49.1 Å². The van der Waals surface area contributed by atoms with Crippen LogP contribution >= 0.6 is 11.6 Å². The van der Waals surface area contributed by atoms with Crippen LogP contribution in [0.15, 0.2) is 41.2 Å². The van der Waals surface area contributed by atoms with Crippen LogP contribution in [0.5, 0.6) is 0 Å². The smallest absolute Gasteiger partial charge is 0.282 e. The quantitative estimate of drug-likeness (QED) is 0.453. The molecule has 0 radical (unpaired) electrons. The van der Waals surface area contributed by atoms with Crippen LogP contribution in [0.2, 0.25) is 5.02 Å². The van der Waals surface area contributed by atoms with Crippen LogP contribution in [0.3, 0.4) is 0 Å². The third-order valence-corrected chi connectivity index (χ3v) is 8.73. The first-order valence-electron chi connectivity index (χ1n) is 12.6. The van der Waals surface area contributed by atoms with Crippen molar-refractivity contribution in [1.29, 1.82) is 0 Å². The van der Waals surface area contributed by atoms with E-state index in [9.17, 15) is 4.79 Å². The van der Waals surface area contributed by atoms with Gasteiger partial charge in [-0.25, -0.2) is 0 Å². The number of terminal acetylenes is 1. The van der Waals surface area contributed by atoms with Gasteiger partial charge in [-0.05, 0) is 74.0 Å². The first kappa shape index (κ1) is 21.9. The van der Waals surface area contributed by atoms with Gasteiger partial charge in [-0.15, -0.1) is 12.3 Å². The lowest BCUT2D eigenvalue weighted by molar-refractivity contribution is 0.217. The van der Waals surface area contributed by atoms with Crippen molar-refractivity contribution >= 4 is 22.5 Å². The molecule has 5 heteroatoms. The summed E-state index contributed by atoms with van der Waals surface area (Å²) in [5.41, 5.74) is 4.44. The lowest BCUT2D eigenvalue weighted by Crippen LogP contribution is -2.33. The van der Waals surface area contributed by atoms with Crippen LogP contribution in [0, 0.1) is 12.3 Å². The number of hydrogen-bond acceptors (Lipinski definition) is 3. The van der Waals surface area contributed by atoms with E-state index in [0.717, 1.165) is 63.1 Å². The molecule has 1 aromatic heterocycles. The number of fused-ring (bicyclic) bond motifs is 7. The summed E-state index contributed by atoms with van der Waals surface area (Å²) in [6.45, 7) is 3.18. The molecule has 34 heavy (non-hydrogen) atoms. The maximum atomic E-state index is 13.1. The molecule has 0 amide bonds. The number of nitrogens with zero attached hydrogens (tertiary/aromatic N) is 3. The monoisotopic (exact) mass is 471 g/mol. The van der Waals surface area contributed by atoms with Crippen molar-refractivity contribution in [3.05, 3.63) is 68.7 Å². The molecule has 0 atom stereocenters. The Kier molecular flexibility index (Phi) is 5.51. The highest BCUT2D eigenvalue weighted by atomic mass is 35.5. The predicted octanol–water partition coefficient (Wildman–Crippen LogP) is 5.81. The van der Waals surface area contributed by atoms with E-state index in [2.05, 4.69) is 33.6 Å². The lowest BCUT2D eigenvalue weighted by Gasteiger charge is -2.34. The molecule has 2 aliphatic heterocycles. The molecule has 0 unspecified atom stereocenters. The first-order chi connectivity index (χ1) is 16.6. The highest BCUT2D eigenvalue weighted by Crippen LogP contribution is 2.52. The molecule has 2 fully saturated rings. The lowest BCUT2D eigenvalue weighted by atomic mass is 9.69. The Bertz CT molecular complexity index is 1350. The van der Waals surface area contributed by atoms with E-state index in [4.69, 9.17) is 23.0 Å². The number of likely N-dealkylation sites (tertiary alicyclic amines) is 1. The van der Waals surface area contributed by atoms with Crippen LogP contribution in [-0.2, 0) is 5.41 Å². The second-order valence-corrected chi connectivity index (χ2v) is 10.6. The fraction of sp³-hybridized carbons (Fsp3) is 0.448. The van der Waals surface area contributed by atoms with Gasteiger partial charge in [-0.2, -0.15) is 4.98 Å². The van der Waals surface area contributed by atoms with E-state index in [1.165, 1.54) is 36.1 Å². The van der Waals surface area contributed by atoms with E-state index < -0.39 is 0 Å². The molecule has 4 nitrogen and oxygen atoms in total. The maximum absolute atomic E-state index is 13.1.